The van der Waals surface area contributed by atoms with E-state index in [0.29, 0.717) is 19.4 Å². The van der Waals surface area contributed by atoms with Crippen molar-refractivity contribution >= 4 is 16.7 Å². The molecule has 2 aromatic carbocycles. The van der Waals surface area contributed by atoms with Gasteiger partial charge in [-0.05, 0) is 36.1 Å². The summed E-state index contributed by atoms with van der Waals surface area (Å²) in [6.45, 7) is 2.26. The molecule has 0 bridgehead atoms. The number of rotatable bonds is 6. The quantitative estimate of drug-likeness (QED) is 0.848. The molecule has 0 spiro atoms. The minimum atomic E-state index is -0.365. The molecular weight excluding hydrogens is 250 g/mol. The molecule has 2 rings (SSSR count). The van der Waals surface area contributed by atoms with E-state index in [-0.39, 0.29) is 12.0 Å². The van der Waals surface area contributed by atoms with Gasteiger partial charge in [-0.15, -0.1) is 0 Å². The summed E-state index contributed by atoms with van der Waals surface area (Å²) in [5, 5.41) is 14.4. The highest BCUT2D eigenvalue weighted by Crippen LogP contribution is 2.16. The molecular formula is C17H21NO2. The number of hydrogen-bond acceptors (Lipinski definition) is 2. The number of aliphatic hydroxyl groups excluding tert-OH is 1. The van der Waals surface area contributed by atoms with Crippen LogP contribution in [0.15, 0.2) is 42.5 Å². The molecule has 0 fully saturated rings. The molecule has 2 aromatic rings. The lowest BCUT2D eigenvalue weighted by atomic mass is 10.0. The zero-order chi connectivity index (χ0) is 14.4. The van der Waals surface area contributed by atoms with E-state index < -0.39 is 0 Å². The molecule has 0 aliphatic rings. The summed E-state index contributed by atoms with van der Waals surface area (Å²) >= 11 is 0. The first-order valence-corrected chi connectivity index (χ1v) is 7.07. The van der Waals surface area contributed by atoms with Crippen LogP contribution in [0.3, 0.4) is 0 Å². The lowest BCUT2D eigenvalue weighted by molar-refractivity contribution is -0.121. The number of nitrogens with one attached hydrogen (secondary N) is 1. The molecule has 1 amide bonds. The van der Waals surface area contributed by atoms with Gasteiger partial charge in [-0.25, -0.2) is 0 Å². The fourth-order valence-corrected chi connectivity index (χ4v) is 2.16. The minimum Gasteiger partial charge on any atom is -0.393 e. The highest BCUT2D eigenvalue weighted by atomic mass is 16.3. The first kappa shape index (κ1) is 14.5. The Kier molecular flexibility index (Phi) is 5.13. The summed E-state index contributed by atoms with van der Waals surface area (Å²) in [5.74, 6) is 0.0406. The summed E-state index contributed by atoms with van der Waals surface area (Å²) in [4.78, 5) is 11.7. The Bertz CT molecular complexity index is 578. The molecule has 20 heavy (non-hydrogen) atoms. The molecule has 0 saturated heterocycles. The summed E-state index contributed by atoms with van der Waals surface area (Å²) in [7, 11) is 0. The third-order valence-corrected chi connectivity index (χ3v) is 3.34. The predicted molar refractivity (Wildman–Crippen MR) is 81.6 cm³/mol. The van der Waals surface area contributed by atoms with Gasteiger partial charge in [0.2, 0.25) is 5.91 Å². The van der Waals surface area contributed by atoms with E-state index in [1.807, 2.05) is 12.1 Å². The van der Waals surface area contributed by atoms with Gasteiger partial charge in [0.05, 0.1) is 6.10 Å². The Morgan fingerprint density at radius 1 is 1.20 bits per heavy atom. The Morgan fingerprint density at radius 2 is 1.95 bits per heavy atom. The van der Waals surface area contributed by atoms with E-state index in [1.165, 1.54) is 16.3 Å². The van der Waals surface area contributed by atoms with Gasteiger partial charge in [-0.2, -0.15) is 0 Å². The van der Waals surface area contributed by atoms with Crippen molar-refractivity contribution in [3.8, 4) is 0 Å². The third-order valence-electron chi connectivity index (χ3n) is 3.34. The van der Waals surface area contributed by atoms with Crippen LogP contribution in [0.25, 0.3) is 10.8 Å². The first-order chi connectivity index (χ1) is 9.65. The molecule has 0 heterocycles. The smallest absolute Gasteiger partial charge is 0.220 e. The molecule has 0 saturated carbocycles. The zero-order valence-electron chi connectivity index (χ0n) is 11.8. The van der Waals surface area contributed by atoms with Crippen molar-refractivity contribution in [1.82, 2.24) is 5.32 Å². The van der Waals surface area contributed by atoms with Gasteiger partial charge in [0, 0.05) is 13.0 Å². The summed E-state index contributed by atoms with van der Waals surface area (Å²) in [6.07, 6.45) is 1.46. The van der Waals surface area contributed by atoms with Crippen LogP contribution in [0.4, 0.5) is 0 Å². The van der Waals surface area contributed by atoms with Crippen LogP contribution in [0.5, 0.6) is 0 Å². The van der Waals surface area contributed by atoms with Crippen molar-refractivity contribution in [2.45, 2.75) is 32.3 Å². The lowest BCUT2D eigenvalue weighted by Crippen LogP contribution is -2.26. The second kappa shape index (κ2) is 7.06. The molecule has 0 radical (unpaired) electrons. The van der Waals surface area contributed by atoms with Crippen LogP contribution in [0, 0.1) is 0 Å². The standard InChI is InChI=1S/C17H21NO2/c1-13(19)10-11-18-17(20)9-7-14-6-8-15-4-2-3-5-16(15)12-14/h2-6,8,12-13,19H,7,9-11H2,1H3,(H,18,20). The van der Waals surface area contributed by atoms with Gasteiger partial charge in [0.1, 0.15) is 0 Å². The molecule has 1 atom stereocenters. The average Bonchev–Trinajstić information content (AvgIpc) is 2.44. The van der Waals surface area contributed by atoms with E-state index in [2.05, 4.69) is 35.6 Å². The van der Waals surface area contributed by atoms with Crippen LogP contribution in [0.2, 0.25) is 0 Å². The predicted octanol–water partition coefficient (Wildman–Crippen LogP) is 2.66. The van der Waals surface area contributed by atoms with Crippen LogP contribution < -0.4 is 5.32 Å². The Labute approximate surface area is 119 Å². The SMILES string of the molecule is CC(O)CCNC(=O)CCc1ccc2ccccc2c1. The van der Waals surface area contributed by atoms with Crippen molar-refractivity contribution in [3.63, 3.8) is 0 Å². The molecule has 2 N–H and O–H groups in total. The number of carbonyl (C=O) groups excluding carboxylic acids is 1. The second-order valence-electron chi connectivity index (χ2n) is 5.17. The van der Waals surface area contributed by atoms with E-state index in [4.69, 9.17) is 5.11 Å². The molecule has 106 valence electrons. The summed E-state index contributed by atoms with van der Waals surface area (Å²) in [6, 6.07) is 14.5. The molecule has 0 aliphatic carbocycles. The Balaban J connectivity index is 1.84. The largest absolute Gasteiger partial charge is 0.393 e. The number of hydrogen-bond donors (Lipinski definition) is 2. The minimum absolute atomic E-state index is 0.0406. The fourth-order valence-electron chi connectivity index (χ4n) is 2.16. The maximum atomic E-state index is 11.7. The summed E-state index contributed by atoms with van der Waals surface area (Å²) < 4.78 is 0. The van der Waals surface area contributed by atoms with Gasteiger partial charge in [0.25, 0.3) is 0 Å². The molecule has 3 heteroatoms. The number of benzene rings is 2. The van der Waals surface area contributed by atoms with Crippen molar-refractivity contribution in [3.05, 3.63) is 48.0 Å². The van der Waals surface area contributed by atoms with Crippen LogP contribution in [-0.4, -0.2) is 23.7 Å². The molecule has 0 aromatic heterocycles. The van der Waals surface area contributed by atoms with Gasteiger partial charge in [0.15, 0.2) is 0 Å². The second-order valence-corrected chi connectivity index (χ2v) is 5.17. The number of aryl methyl sites for hydroxylation is 1. The Hall–Kier alpha value is -1.87. The van der Waals surface area contributed by atoms with E-state index >= 15 is 0 Å². The molecule has 1 unspecified atom stereocenters. The van der Waals surface area contributed by atoms with Gasteiger partial charge in [-0.3, -0.25) is 4.79 Å². The van der Waals surface area contributed by atoms with E-state index in [1.54, 1.807) is 6.92 Å². The number of fused-ring (bicyclic) bond motifs is 1. The lowest BCUT2D eigenvalue weighted by Gasteiger charge is -2.07. The van der Waals surface area contributed by atoms with Gasteiger partial charge < -0.3 is 10.4 Å². The fraction of sp³-hybridized carbons (Fsp3) is 0.353. The number of aliphatic hydroxyl groups is 1. The third kappa shape index (κ3) is 4.35. The van der Waals surface area contributed by atoms with Crippen LogP contribution >= 0.6 is 0 Å². The number of amides is 1. The Morgan fingerprint density at radius 3 is 2.70 bits per heavy atom. The highest BCUT2D eigenvalue weighted by molar-refractivity contribution is 5.83. The molecule has 0 aliphatic heterocycles. The average molecular weight is 271 g/mol. The van der Waals surface area contributed by atoms with Crippen molar-refractivity contribution in [2.24, 2.45) is 0 Å². The highest BCUT2D eigenvalue weighted by Gasteiger charge is 2.03. The van der Waals surface area contributed by atoms with Gasteiger partial charge >= 0.3 is 0 Å². The molecule has 3 nitrogen and oxygen atoms in total. The monoisotopic (exact) mass is 271 g/mol. The van der Waals surface area contributed by atoms with Crippen LogP contribution in [0.1, 0.15) is 25.3 Å². The van der Waals surface area contributed by atoms with Crippen molar-refractivity contribution < 1.29 is 9.90 Å². The zero-order valence-corrected chi connectivity index (χ0v) is 11.8. The van der Waals surface area contributed by atoms with Gasteiger partial charge in [-0.1, -0.05) is 42.5 Å². The topological polar surface area (TPSA) is 49.3 Å². The summed E-state index contributed by atoms with van der Waals surface area (Å²) in [5.41, 5.74) is 1.18. The van der Waals surface area contributed by atoms with E-state index in [9.17, 15) is 4.79 Å². The first-order valence-electron chi connectivity index (χ1n) is 7.07. The number of carbonyl (C=O) groups is 1. The normalized spacial score (nSPS) is 12.3. The maximum absolute atomic E-state index is 11.7. The van der Waals surface area contributed by atoms with E-state index in [0.717, 1.165) is 6.42 Å². The van der Waals surface area contributed by atoms with Crippen molar-refractivity contribution in [1.29, 1.82) is 0 Å². The van der Waals surface area contributed by atoms with Crippen LogP contribution in [-0.2, 0) is 11.2 Å². The maximum Gasteiger partial charge on any atom is 0.220 e. The van der Waals surface area contributed by atoms with Crippen molar-refractivity contribution in [2.75, 3.05) is 6.54 Å².